The third-order valence-electron chi connectivity index (χ3n) is 2.41. The van der Waals surface area contributed by atoms with Crippen molar-refractivity contribution in [3.8, 4) is 0 Å². The van der Waals surface area contributed by atoms with E-state index in [4.69, 9.17) is 5.11 Å². The Balaban J connectivity index is 3.02. The van der Waals surface area contributed by atoms with E-state index in [-0.39, 0.29) is 0 Å². The summed E-state index contributed by atoms with van der Waals surface area (Å²) in [5.41, 5.74) is 0. The lowest BCUT2D eigenvalue weighted by Crippen LogP contribution is -2.63. The summed E-state index contributed by atoms with van der Waals surface area (Å²) in [6.45, 7) is 3.29. The van der Waals surface area contributed by atoms with Gasteiger partial charge in [0.1, 0.15) is 0 Å². The second-order valence-electron chi connectivity index (χ2n) is 3.97. The Morgan fingerprint density at radius 1 is 1.22 bits per heavy atom. The zero-order chi connectivity index (χ0) is 14.1. The van der Waals surface area contributed by atoms with Crippen LogP contribution in [0.25, 0.3) is 0 Å². The summed E-state index contributed by atoms with van der Waals surface area (Å²) < 4.78 is 41.0. The minimum Gasteiger partial charge on any atom is -0.456 e. The van der Waals surface area contributed by atoms with Gasteiger partial charge < -0.3 is 19.3 Å². The first-order valence-corrected chi connectivity index (χ1v) is 5.22. The van der Waals surface area contributed by atoms with Crippen LogP contribution in [0.3, 0.4) is 0 Å². The molecule has 1 saturated heterocycles. The summed E-state index contributed by atoms with van der Waals surface area (Å²) in [6.07, 6.45) is -7.03. The van der Waals surface area contributed by atoms with Gasteiger partial charge in [-0.25, -0.2) is 0 Å². The van der Waals surface area contributed by atoms with Crippen molar-refractivity contribution < 1.29 is 37.7 Å². The van der Waals surface area contributed by atoms with E-state index in [0.717, 1.165) is 13.8 Å². The zero-order valence-corrected chi connectivity index (χ0v) is 10.1. The van der Waals surface area contributed by atoms with Gasteiger partial charge in [0.05, 0.1) is 6.10 Å². The number of aliphatic hydroxyl groups is 1. The highest BCUT2D eigenvalue weighted by Crippen LogP contribution is 2.36. The van der Waals surface area contributed by atoms with Crippen LogP contribution < -0.4 is 0 Å². The molecule has 104 valence electrons. The molecule has 0 aliphatic carbocycles. The Hall–Kier alpha value is -1.28. The summed E-state index contributed by atoms with van der Waals surface area (Å²) in [5.74, 6) is -5.66. The molecule has 1 aliphatic heterocycles. The number of aliphatic hydroxyl groups excluding tert-OH is 1. The van der Waals surface area contributed by atoms with Gasteiger partial charge in [-0.15, -0.1) is 0 Å². The maximum atomic E-state index is 13.7. The van der Waals surface area contributed by atoms with Gasteiger partial charge in [0.15, 0.2) is 6.10 Å². The molecule has 0 aromatic rings. The molecule has 1 heterocycles. The average Bonchev–Trinajstić information content (AvgIpc) is 2.20. The number of esters is 2. The van der Waals surface area contributed by atoms with Crippen molar-refractivity contribution in [3.63, 3.8) is 0 Å². The molecule has 0 saturated carbocycles. The SMILES string of the molecule is CC(=O)O[C@H]1[C@@H](C)OC(O)C(F)(F)[C@H]1OC(C)=O. The molecule has 1 N–H and O–H groups in total. The van der Waals surface area contributed by atoms with Crippen LogP contribution in [0.5, 0.6) is 0 Å². The molecule has 0 aromatic heterocycles. The molecule has 0 spiro atoms. The third kappa shape index (κ3) is 2.94. The molecule has 4 atom stereocenters. The highest BCUT2D eigenvalue weighted by molar-refractivity contribution is 5.67. The van der Waals surface area contributed by atoms with Gasteiger partial charge in [-0.2, -0.15) is 8.78 Å². The molecule has 1 unspecified atom stereocenters. The first-order valence-electron chi connectivity index (χ1n) is 5.22. The van der Waals surface area contributed by atoms with E-state index in [2.05, 4.69) is 14.2 Å². The number of hydrogen-bond acceptors (Lipinski definition) is 6. The van der Waals surface area contributed by atoms with E-state index in [9.17, 15) is 18.4 Å². The molecule has 1 fully saturated rings. The highest BCUT2D eigenvalue weighted by Gasteiger charge is 2.60. The van der Waals surface area contributed by atoms with E-state index in [1.807, 2.05) is 0 Å². The van der Waals surface area contributed by atoms with E-state index < -0.39 is 42.5 Å². The van der Waals surface area contributed by atoms with Gasteiger partial charge in [0.25, 0.3) is 0 Å². The van der Waals surface area contributed by atoms with Gasteiger partial charge in [-0.1, -0.05) is 0 Å². The molecule has 0 aromatic carbocycles. The van der Waals surface area contributed by atoms with E-state index in [0.29, 0.717) is 0 Å². The topological polar surface area (TPSA) is 82.1 Å². The second-order valence-corrected chi connectivity index (χ2v) is 3.97. The van der Waals surface area contributed by atoms with Crippen LogP contribution in [0.4, 0.5) is 8.78 Å². The molecule has 0 amide bonds. The standard InChI is InChI=1S/C10H14F2O6/c1-4-7(17-5(2)13)8(18-6(3)14)10(11,12)9(15)16-4/h4,7-9,15H,1-3H3/t4-,7+,8+,9?/m1/s1. The van der Waals surface area contributed by atoms with Crippen molar-refractivity contribution in [2.24, 2.45) is 0 Å². The van der Waals surface area contributed by atoms with Gasteiger partial charge in [-0.05, 0) is 6.92 Å². The van der Waals surface area contributed by atoms with Gasteiger partial charge in [0, 0.05) is 13.8 Å². The summed E-state index contributed by atoms with van der Waals surface area (Å²) in [4.78, 5) is 21.7. The van der Waals surface area contributed by atoms with E-state index >= 15 is 0 Å². The molecular weight excluding hydrogens is 254 g/mol. The number of carbonyl (C=O) groups excluding carboxylic acids is 2. The summed E-state index contributed by atoms with van der Waals surface area (Å²) >= 11 is 0. The smallest absolute Gasteiger partial charge is 0.337 e. The van der Waals surface area contributed by atoms with Crippen LogP contribution in [-0.4, -0.2) is 47.6 Å². The number of rotatable bonds is 2. The van der Waals surface area contributed by atoms with E-state index in [1.165, 1.54) is 6.92 Å². The average molecular weight is 268 g/mol. The van der Waals surface area contributed by atoms with Crippen LogP contribution in [0.15, 0.2) is 0 Å². The summed E-state index contributed by atoms with van der Waals surface area (Å²) in [7, 11) is 0. The maximum Gasteiger partial charge on any atom is 0.337 e. The monoisotopic (exact) mass is 268 g/mol. The Kier molecular flexibility index (Phi) is 4.23. The van der Waals surface area contributed by atoms with Gasteiger partial charge >= 0.3 is 17.9 Å². The van der Waals surface area contributed by atoms with Crippen LogP contribution >= 0.6 is 0 Å². The number of ether oxygens (including phenoxy) is 3. The number of hydrogen-bond donors (Lipinski definition) is 1. The number of alkyl halides is 2. The number of carbonyl (C=O) groups is 2. The highest BCUT2D eigenvalue weighted by atomic mass is 19.3. The fourth-order valence-corrected chi connectivity index (χ4v) is 1.65. The van der Waals surface area contributed by atoms with Crippen LogP contribution in [0.2, 0.25) is 0 Å². The van der Waals surface area contributed by atoms with Gasteiger partial charge in [-0.3, -0.25) is 9.59 Å². The van der Waals surface area contributed by atoms with Crippen molar-refractivity contribution in [2.45, 2.75) is 51.3 Å². The minimum atomic E-state index is -3.86. The van der Waals surface area contributed by atoms with Crippen LogP contribution in [0, 0.1) is 0 Å². The molecule has 0 radical (unpaired) electrons. The Morgan fingerprint density at radius 3 is 2.17 bits per heavy atom. The van der Waals surface area contributed by atoms with Crippen molar-refractivity contribution in [1.82, 2.24) is 0 Å². The Bertz CT molecular complexity index is 345. The molecule has 18 heavy (non-hydrogen) atoms. The lowest BCUT2D eigenvalue weighted by Gasteiger charge is -2.42. The predicted octanol–water partition coefficient (Wildman–Crippen LogP) is 0.222. The molecule has 0 bridgehead atoms. The van der Waals surface area contributed by atoms with Crippen LogP contribution in [-0.2, 0) is 23.8 Å². The van der Waals surface area contributed by atoms with Crippen molar-refractivity contribution in [2.75, 3.05) is 0 Å². The zero-order valence-electron chi connectivity index (χ0n) is 10.1. The Labute approximate surface area is 102 Å². The van der Waals surface area contributed by atoms with Gasteiger partial charge in [0.2, 0.25) is 12.4 Å². The van der Waals surface area contributed by atoms with E-state index in [1.54, 1.807) is 0 Å². The lowest BCUT2D eigenvalue weighted by molar-refractivity contribution is -0.342. The van der Waals surface area contributed by atoms with Crippen molar-refractivity contribution in [3.05, 3.63) is 0 Å². The second kappa shape index (κ2) is 5.15. The van der Waals surface area contributed by atoms with Crippen molar-refractivity contribution >= 4 is 11.9 Å². The quantitative estimate of drug-likeness (QED) is 0.721. The predicted molar refractivity (Wildman–Crippen MR) is 52.6 cm³/mol. The summed E-state index contributed by atoms with van der Waals surface area (Å²) in [5, 5.41) is 9.14. The molecular formula is C10H14F2O6. The first kappa shape index (κ1) is 14.8. The fourth-order valence-electron chi connectivity index (χ4n) is 1.65. The molecule has 1 aliphatic rings. The normalized spacial score (nSPS) is 34.8. The van der Waals surface area contributed by atoms with Crippen LogP contribution in [0.1, 0.15) is 20.8 Å². The molecule has 8 heteroatoms. The number of halogens is 2. The first-order chi connectivity index (χ1) is 8.16. The molecule has 1 rings (SSSR count). The minimum absolute atomic E-state index is 0.820. The molecule has 6 nitrogen and oxygen atoms in total. The third-order valence-corrected chi connectivity index (χ3v) is 2.41. The Morgan fingerprint density at radius 2 is 1.72 bits per heavy atom. The summed E-state index contributed by atoms with van der Waals surface area (Å²) in [6, 6.07) is 0. The largest absolute Gasteiger partial charge is 0.456 e. The lowest BCUT2D eigenvalue weighted by atomic mass is 9.98. The maximum absolute atomic E-state index is 13.7. The van der Waals surface area contributed by atoms with Crippen molar-refractivity contribution in [1.29, 1.82) is 0 Å². The fraction of sp³-hybridized carbons (Fsp3) is 0.800.